The number of pyridine rings is 1. The summed E-state index contributed by atoms with van der Waals surface area (Å²) in [5.74, 6) is 1.11. The lowest BCUT2D eigenvalue weighted by molar-refractivity contribution is -0.116. The third kappa shape index (κ3) is 4.18. The molecule has 2 heterocycles. The minimum Gasteiger partial charge on any atom is -0.493 e. The zero-order chi connectivity index (χ0) is 18.4. The highest BCUT2D eigenvalue weighted by Crippen LogP contribution is 2.19. The van der Waals surface area contributed by atoms with Crippen LogP contribution in [0.15, 0.2) is 54.9 Å². The van der Waals surface area contributed by atoms with Crippen LogP contribution in [0.2, 0.25) is 5.02 Å². The monoisotopic (exact) mass is 367 g/mol. The maximum atomic E-state index is 12.2. The Labute approximate surface area is 154 Å². The molecule has 0 aliphatic rings. The highest BCUT2D eigenvalue weighted by Gasteiger charge is 2.15. The number of halogens is 1. The number of nitrogens with one attached hydrogen (secondary N) is 1. The lowest BCUT2D eigenvalue weighted by Gasteiger charge is -2.09. The van der Waals surface area contributed by atoms with Crippen molar-refractivity contribution in [2.24, 2.45) is 0 Å². The van der Waals surface area contributed by atoms with Gasteiger partial charge in [0.2, 0.25) is 5.91 Å². The van der Waals surface area contributed by atoms with Gasteiger partial charge >= 0.3 is 0 Å². The van der Waals surface area contributed by atoms with Gasteiger partial charge in [-0.1, -0.05) is 17.7 Å². The Bertz CT molecular complexity index is 932. The average Bonchev–Trinajstić information content (AvgIpc) is 3.06. The van der Waals surface area contributed by atoms with Crippen molar-refractivity contribution < 1.29 is 9.53 Å². The zero-order valence-electron chi connectivity index (χ0n) is 13.6. The molecule has 0 radical (unpaired) electrons. The molecule has 0 atom stereocenters. The number of hydrogen-bond acceptors (Lipinski definition) is 5. The Morgan fingerprint density at radius 2 is 2.08 bits per heavy atom. The van der Waals surface area contributed by atoms with Gasteiger partial charge in [-0.2, -0.15) is 15.0 Å². The SMILES string of the molecule is N#Cc1cnn(-c2ccccn2)c1NC(=O)CCOc1ccc(Cl)cc1. The summed E-state index contributed by atoms with van der Waals surface area (Å²) in [4.78, 5) is 16.4. The summed E-state index contributed by atoms with van der Waals surface area (Å²) < 4.78 is 6.92. The first-order chi connectivity index (χ1) is 12.7. The van der Waals surface area contributed by atoms with Gasteiger partial charge in [0, 0.05) is 11.2 Å². The molecule has 1 amide bonds. The number of rotatable bonds is 6. The first kappa shape index (κ1) is 17.5. The molecule has 1 aromatic carbocycles. The van der Waals surface area contributed by atoms with Crippen molar-refractivity contribution in [3.05, 3.63) is 65.4 Å². The molecule has 8 heteroatoms. The van der Waals surface area contributed by atoms with E-state index in [1.165, 1.54) is 10.9 Å². The molecule has 0 saturated carbocycles. The van der Waals surface area contributed by atoms with Crippen LogP contribution in [0.25, 0.3) is 5.82 Å². The largest absolute Gasteiger partial charge is 0.493 e. The number of amides is 1. The number of anilines is 1. The summed E-state index contributed by atoms with van der Waals surface area (Å²) >= 11 is 5.81. The van der Waals surface area contributed by atoms with Gasteiger partial charge in [-0.3, -0.25) is 4.79 Å². The number of nitrogens with zero attached hydrogens (tertiary/aromatic N) is 4. The molecule has 0 saturated heterocycles. The Hall–Kier alpha value is -3.37. The van der Waals surface area contributed by atoms with Gasteiger partial charge in [-0.05, 0) is 36.4 Å². The topological polar surface area (TPSA) is 92.8 Å². The van der Waals surface area contributed by atoms with E-state index in [1.54, 1.807) is 48.7 Å². The van der Waals surface area contributed by atoms with E-state index in [0.717, 1.165) is 0 Å². The number of nitriles is 1. The molecule has 26 heavy (non-hydrogen) atoms. The molecule has 3 rings (SSSR count). The highest BCUT2D eigenvalue weighted by atomic mass is 35.5. The zero-order valence-corrected chi connectivity index (χ0v) is 14.3. The molecule has 3 aromatic rings. The Kier molecular flexibility index (Phi) is 5.46. The second-order valence-electron chi connectivity index (χ2n) is 5.22. The molecule has 130 valence electrons. The standard InChI is InChI=1S/C18H14ClN5O2/c19-14-4-6-15(7-5-14)26-10-8-17(25)23-18-13(11-20)12-22-24(18)16-3-1-2-9-21-16/h1-7,9,12H,8,10H2,(H,23,25). The third-order valence-electron chi connectivity index (χ3n) is 3.43. The predicted molar refractivity (Wildman–Crippen MR) is 96.3 cm³/mol. The van der Waals surface area contributed by atoms with E-state index < -0.39 is 0 Å². The summed E-state index contributed by atoms with van der Waals surface area (Å²) in [5, 5.41) is 16.7. The molecule has 0 unspecified atom stereocenters. The first-order valence-electron chi connectivity index (χ1n) is 7.75. The minimum atomic E-state index is -0.298. The van der Waals surface area contributed by atoms with Crippen LogP contribution in [0.5, 0.6) is 5.75 Å². The van der Waals surface area contributed by atoms with Gasteiger partial charge in [-0.25, -0.2) is 4.98 Å². The molecule has 7 nitrogen and oxygen atoms in total. The van der Waals surface area contributed by atoms with Crippen molar-refractivity contribution in [3.8, 4) is 17.6 Å². The first-order valence-corrected chi connectivity index (χ1v) is 8.13. The van der Waals surface area contributed by atoms with E-state index in [0.29, 0.717) is 16.6 Å². The van der Waals surface area contributed by atoms with E-state index in [2.05, 4.69) is 15.4 Å². The number of aromatic nitrogens is 3. The van der Waals surface area contributed by atoms with E-state index >= 15 is 0 Å². The van der Waals surface area contributed by atoms with Gasteiger partial charge < -0.3 is 10.1 Å². The van der Waals surface area contributed by atoms with Crippen LogP contribution in [0.4, 0.5) is 5.82 Å². The lowest BCUT2D eigenvalue weighted by atomic mass is 10.3. The van der Waals surface area contributed by atoms with Crippen LogP contribution >= 0.6 is 11.6 Å². The van der Waals surface area contributed by atoms with Crippen LogP contribution in [-0.4, -0.2) is 27.3 Å². The number of hydrogen-bond donors (Lipinski definition) is 1. The summed E-state index contributed by atoms with van der Waals surface area (Å²) in [6.07, 6.45) is 3.10. The maximum Gasteiger partial charge on any atom is 0.228 e. The Morgan fingerprint density at radius 3 is 2.77 bits per heavy atom. The fourth-order valence-electron chi connectivity index (χ4n) is 2.19. The summed E-state index contributed by atoms with van der Waals surface area (Å²) in [6, 6.07) is 14.2. The molecule has 0 aliphatic carbocycles. The van der Waals surface area contributed by atoms with Crippen molar-refractivity contribution in [1.82, 2.24) is 14.8 Å². The highest BCUT2D eigenvalue weighted by molar-refractivity contribution is 6.30. The second kappa shape index (κ2) is 8.14. The van der Waals surface area contributed by atoms with Gasteiger partial charge in [0.1, 0.15) is 17.4 Å². The molecule has 0 bridgehead atoms. The molecular formula is C18H14ClN5O2. The fourth-order valence-corrected chi connectivity index (χ4v) is 2.32. The average molecular weight is 368 g/mol. The van der Waals surface area contributed by atoms with Crippen LogP contribution in [0, 0.1) is 11.3 Å². The molecule has 0 spiro atoms. The summed E-state index contributed by atoms with van der Waals surface area (Å²) in [7, 11) is 0. The maximum absolute atomic E-state index is 12.2. The van der Waals surface area contributed by atoms with Crippen molar-refractivity contribution in [1.29, 1.82) is 5.26 Å². The predicted octanol–water partition coefficient (Wildman–Crippen LogP) is 3.20. The van der Waals surface area contributed by atoms with Gasteiger partial charge in [0.05, 0.1) is 19.2 Å². The smallest absolute Gasteiger partial charge is 0.228 e. The van der Waals surface area contributed by atoms with Crippen molar-refractivity contribution >= 4 is 23.3 Å². The van der Waals surface area contributed by atoms with Crippen LogP contribution in [0.1, 0.15) is 12.0 Å². The second-order valence-corrected chi connectivity index (χ2v) is 5.66. The van der Waals surface area contributed by atoms with Gasteiger partial charge in [-0.15, -0.1) is 0 Å². The third-order valence-corrected chi connectivity index (χ3v) is 3.68. The van der Waals surface area contributed by atoms with E-state index in [-0.39, 0.29) is 30.3 Å². The van der Waals surface area contributed by atoms with Crippen LogP contribution in [0.3, 0.4) is 0 Å². The molecule has 0 aliphatic heterocycles. The van der Waals surface area contributed by atoms with Gasteiger partial charge in [0.25, 0.3) is 0 Å². The molecule has 1 N–H and O–H groups in total. The normalized spacial score (nSPS) is 10.2. The van der Waals surface area contributed by atoms with Crippen LogP contribution < -0.4 is 10.1 Å². The van der Waals surface area contributed by atoms with Crippen molar-refractivity contribution in [2.45, 2.75) is 6.42 Å². The number of benzene rings is 1. The fraction of sp³-hybridized carbons (Fsp3) is 0.111. The quantitative estimate of drug-likeness (QED) is 0.722. The summed E-state index contributed by atoms with van der Waals surface area (Å²) in [6.45, 7) is 0.188. The van der Waals surface area contributed by atoms with E-state index in [9.17, 15) is 10.1 Å². The summed E-state index contributed by atoms with van der Waals surface area (Å²) in [5.41, 5.74) is 0.252. The Balaban J connectivity index is 1.65. The molecule has 2 aromatic heterocycles. The van der Waals surface area contributed by atoms with Gasteiger partial charge in [0.15, 0.2) is 11.6 Å². The van der Waals surface area contributed by atoms with Crippen molar-refractivity contribution in [2.75, 3.05) is 11.9 Å². The molecular weight excluding hydrogens is 354 g/mol. The minimum absolute atomic E-state index is 0.112. The number of carbonyl (C=O) groups is 1. The van der Waals surface area contributed by atoms with Crippen molar-refractivity contribution in [3.63, 3.8) is 0 Å². The lowest BCUT2D eigenvalue weighted by Crippen LogP contribution is -2.18. The Morgan fingerprint density at radius 1 is 1.27 bits per heavy atom. The van der Waals surface area contributed by atoms with E-state index in [4.69, 9.17) is 16.3 Å². The van der Waals surface area contributed by atoms with Crippen LogP contribution in [-0.2, 0) is 4.79 Å². The molecule has 0 fully saturated rings. The number of carbonyl (C=O) groups excluding carboxylic acids is 1. The van der Waals surface area contributed by atoms with E-state index in [1.807, 2.05) is 6.07 Å². The number of ether oxygens (including phenoxy) is 1.